The number of benzene rings is 2. The molecule has 1 unspecified atom stereocenters. The zero-order chi connectivity index (χ0) is 27.7. The average Bonchev–Trinajstić information content (AvgIpc) is 3.37. The normalized spacial score (nSPS) is 18.7. The van der Waals surface area contributed by atoms with Gasteiger partial charge in [-0.25, -0.2) is 8.78 Å². The number of hydrogen-bond acceptors (Lipinski definition) is 5. The highest BCUT2D eigenvalue weighted by Crippen LogP contribution is 2.20. The molecule has 0 radical (unpaired) electrons. The third-order valence-corrected chi connectivity index (χ3v) is 6.77. The molecule has 0 spiro atoms. The first-order valence-electron chi connectivity index (χ1n) is 13.4. The molecule has 7 nitrogen and oxygen atoms in total. The second-order valence-corrected chi connectivity index (χ2v) is 9.96. The van der Waals surface area contributed by atoms with Crippen LogP contribution in [-0.2, 0) is 11.2 Å². The van der Waals surface area contributed by atoms with Gasteiger partial charge < -0.3 is 25.4 Å². The number of rotatable bonds is 13. The van der Waals surface area contributed by atoms with Crippen LogP contribution in [-0.4, -0.2) is 72.9 Å². The molecule has 1 heterocycles. The van der Waals surface area contributed by atoms with Crippen LogP contribution in [0.1, 0.15) is 65.8 Å². The number of amides is 2. The highest BCUT2D eigenvalue weighted by Gasteiger charge is 2.35. The third kappa shape index (κ3) is 8.31. The van der Waals surface area contributed by atoms with Crippen LogP contribution >= 0.6 is 0 Å². The van der Waals surface area contributed by atoms with E-state index in [-0.39, 0.29) is 30.0 Å². The molecule has 0 aliphatic carbocycles. The smallest absolute Gasteiger partial charge is 0.253 e. The van der Waals surface area contributed by atoms with Crippen molar-refractivity contribution in [1.29, 1.82) is 0 Å². The SMILES string of the molecule is CCCCN(C)C(=O)c1cccc(C(=O)NC(Cc2cc(F)cc(F)c2)[C@H](O)[C@H]2C[C@@H](OCCC)CN2)c1. The molecule has 9 heteroatoms. The van der Waals surface area contributed by atoms with Crippen molar-refractivity contribution in [3.05, 3.63) is 70.8 Å². The zero-order valence-corrected chi connectivity index (χ0v) is 22.4. The molecule has 1 saturated heterocycles. The fourth-order valence-corrected chi connectivity index (χ4v) is 4.69. The Morgan fingerprint density at radius 2 is 1.84 bits per heavy atom. The second kappa shape index (κ2) is 14.3. The van der Waals surface area contributed by atoms with E-state index in [0.717, 1.165) is 25.3 Å². The van der Waals surface area contributed by atoms with Crippen molar-refractivity contribution in [3.8, 4) is 0 Å². The molecule has 4 atom stereocenters. The summed E-state index contributed by atoms with van der Waals surface area (Å²) in [4.78, 5) is 27.7. The Bertz CT molecular complexity index is 1060. The standard InChI is InChI=1S/C29H39F2N3O4/c1-4-6-10-34(3)29(37)21-9-7-8-20(15-21)28(36)33-26(14-19-12-22(30)16-23(31)13-19)27(35)25-17-24(18-32-25)38-11-5-2/h7-9,12-13,15-16,24-27,32,35H,4-6,10-11,14,17-18H2,1-3H3,(H,33,36)/t24-,25-,26?,27-/m1/s1. The van der Waals surface area contributed by atoms with Crippen LogP contribution < -0.4 is 10.6 Å². The molecule has 208 valence electrons. The van der Waals surface area contributed by atoms with Gasteiger partial charge in [-0.3, -0.25) is 9.59 Å². The summed E-state index contributed by atoms with van der Waals surface area (Å²) in [6.45, 7) is 5.85. The maximum absolute atomic E-state index is 13.9. The number of aliphatic hydroxyl groups is 1. The number of nitrogens with one attached hydrogen (secondary N) is 2. The summed E-state index contributed by atoms with van der Waals surface area (Å²) in [5.41, 5.74) is 0.949. The van der Waals surface area contributed by atoms with Crippen molar-refractivity contribution in [1.82, 2.24) is 15.5 Å². The summed E-state index contributed by atoms with van der Waals surface area (Å²) >= 11 is 0. The van der Waals surface area contributed by atoms with Crippen LogP contribution in [0, 0.1) is 11.6 Å². The van der Waals surface area contributed by atoms with E-state index in [0.29, 0.717) is 37.2 Å². The van der Waals surface area contributed by atoms with Crippen molar-refractivity contribution in [2.75, 3.05) is 26.7 Å². The van der Waals surface area contributed by atoms with Crippen molar-refractivity contribution >= 4 is 11.8 Å². The Labute approximate surface area is 223 Å². The lowest BCUT2D eigenvalue weighted by molar-refractivity contribution is 0.0514. The molecule has 1 aliphatic rings. The van der Waals surface area contributed by atoms with Gasteiger partial charge >= 0.3 is 0 Å². The van der Waals surface area contributed by atoms with Gasteiger partial charge in [-0.2, -0.15) is 0 Å². The molecule has 0 saturated carbocycles. The number of carbonyl (C=O) groups is 2. The lowest BCUT2D eigenvalue weighted by Crippen LogP contribution is -2.52. The van der Waals surface area contributed by atoms with E-state index in [2.05, 4.69) is 10.6 Å². The van der Waals surface area contributed by atoms with Gasteiger partial charge in [0.05, 0.1) is 18.2 Å². The molecule has 2 aromatic rings. The first-order valence-corrected chi connectivity index (χ1v) is 13.4. The van der Waals surface area contributed by atoms with Crippen molar-refractivity contribution in [2.24, 2.45) is 0 Å². The zero-order valence-electron chi connectivity index (χ0n) is 22.4. The quantitative estimate of drug-likeness (QED) is 0.367. The molecular formula is C29H39F2N3O4. The predicted octanol–water partition coefficient (Wildman–Crippen LogP) is 3.70. The van der Waals surface area contributed by atoms with E-state index in [1.165, 1.54) is 18.2 Å². The van der Waals surface area contributed by atoms with E-state index in [1.54, 1.807) is 30.1 Å². The molecule has 0 aromatic heterocycles. The largest absolute Gasteiger partial charge is 0.389 e. The topological polar surface area (TPSA) is 90.9 Å². The van der Waals surface area contributed by atoms with Gasteiger partial charge in [-0.1, -0.05) is 26.3 Å². The number of nitrogens with zero attached hydrogens (tertiary/aromatic N) is 1. The second-order valence-electron chi connectivity index (χ2n) is 9.96. The molecule has 1 aliphatic heterocycles. The van der Waals surface area contributed by atoms with Crippen LogP contribution in [0.25, 0.3) is 0 Å². The number of unbranched alkanes of at least 4 members (excludes halogenated alkanes) is 1. The van der Waals surface area contributed by atoms with Crippen LogP contribution in [0.15, 0.2) is 42.5 Å². The fourth-order valence-electron chi connectivity index (χ4n) is 4.69. The van der Waals surface area contributed by atoms with Crippen LogP contribution in [0.2, 0.25) is 0 Å². The summed E-state index contributed by atoms with van der Waals surface area (Å²) in [7, 11) is 1.72. The van der Waals surface area contributed by atoms with Gasteiger partial charge in [0.1, 0.15) is 11.6 Å². The number of carbonyl (C=O) groups excluding carboxylic acids is 2. The minimum atomic E-state index is -1.05. The third-order valence-electron chi connectivity index (χ3n) is 6.77. The Morgan fingerprint density at radius 3 is 2.53 bits per heavy atom. The molecule has 38 heavy (non-hydrogen) atoms. The predicted molar refractivity (Wildman–Crippen MR) is 142 cm³/mol. The summed E-state index contributed by atoms with van der Waals surface area (Å²) < 4.78 is 33.6. The van der Waals surface area contributed by atoms with E-state index >= 15 is 0 Å². The minimum Gasteiger partial charge on any atom is -0.389 e. The maximum atomic E-state index is 13.9. The van der Waals surface area contributed by atoms with Crippen molar-refractivity contribution in [3.63, 3.8) is 0 Å². The lowest BCUT2D eigenvalue weighted by Gasteiger charge is -2.29. The average molecular weight is 532 g/mol. The maximum Gasteiger partial charge on any atom is 0.253 e. The Morgan fingerprint density at radius 1 is 1.13 bits per heavy atom. The fraction of sp³-hybridized carbons (Fsp3) is 0.517. The highest BCUT2D eigenvalue weighted by atomic mass is 19.1. The summed E-state index contributed by atoms with van der Waals surface area (Å²) in [6, 6.07) is 8.34. The number of ether oxygens (including phenoxy) is 1. The first kappa shape index (κ1) is 29.7. The van der Waals surface area contributed by atoms with E-state index in [9.17, 15) is 23.5 Å². The molecule has 2 aromatic carbocycles. The molecule has 2 amide bonds. The van der Waals surface area contributed by atoms with E-state index in [4.69, 9.17) is 4.74 Å². The molecule has 3 rings (SSSR count). The van der Waals surface area contributed by atoms with Gasteiger partial charge in [0.15, 0.2) is 0 Å². The van der Waals surface area contributed by atoms with Crippen LogP contribution in [0.5, 0.6) is 0 Å². The monoisotopic (exact) mass is 531 g/mol. The number of hydrogen-bond donors (Lipinski definition) is 3. The highest BCUT2D eigenvalue weighted by molar-refractivity contribution is 5.99. The van der Waals surface area contributed by atoms with Crippen LogP contribution in [0.4, 0.5) is 8.78 Å². The summed E-state index contributed by atoms with van der Waals surface area (Å²) in [6.07, 6.45) is 2.15. The van der Waals surface area contributed by atoms with Gasteiger partial charge in [0, 0.05) is 50.0 Å². The van der Waals surface area contributed by atoms with E-state index < -0.39 is 29.7 Å². The van der Waals surface area contributed by atoms with Crippen LogP contribution in [0.3, 0.4) is 0 Å². The molecule has 0 bridgehead atoms. The Balaban J connectivity index is 1.78. The van der Waals surface area contributed by atoms with Gasteiger partial charge in [-0.05, 0) is 61.6 Å². The van der Waals surface area contributed by atoms with Gasteiger partial charge in [-0.15, -0.1) is 0 Å². The number of halogens is 2. The summed E-state index contributed by atoms with van der Waals surface area (Å²) in [5.74, 6) is -2.14. The van der Waals surface area contributed by atoms with Crippen molar-refractivity contribution < 1.29 is 28.2 Å². The molecule has 3 N–H and O–H groups in total. The molecule has 1 fully saturated rings. The lowest BCUT2D eigenvalue weighted by atomic mass is 9.94. The van der Waals surface area contributed by atoms with Gasteiger partial charge in [0.2, 0.25) is 0 Å². The Kier molecular flexibility index (Phi) is 11.2. The molecular weight excluding hydrogens is 492 g/mol. The summed E-state index contributed by atoms with van der Waals surface area (Å²) in [5, 5.41) is 17.4. The van der Waals surface area contributed by atoms with Gasteiger partial charge in [0.25, 0.3) is 11.8 Å². The Hall–Kier alpha value is -2.88. The first-order chi connectivity index (χ1) is 18.2. The van der Waals surface area contributed by atoms with E-state index in [1.807, 2.05) is 13.8 Å². The minimum absolute atomic E-state index is 0.0125. The van der Waals surface area contributed by atoms with Crippen molar-refractivity contribution in [2.45, 2.75) is 70.2 Å². The number of aliphatic hydroxyl groups excluding tert-OH is 1.